The highest BCUT2D eigenvalue weighted by atomic mass is 16.5. The quantitative estimate of drug-likeness (QED) is 0.272. The Bertz CT molecular complexity index is 1830. The van der Waals surface area contributed by atoms with Crippen LogP contribution in [0.3, 0.4) is 0 Å². The van der Waals surface area contributed by atoms with E-state index in [9.17, 15) is 14.4 Å². The average molecular weight is 522 g/mol. The van der Waals surface area contributed by atoms with E-state index in [2.05, 4.69) is 20.4 Å². The van der Waals surface area contributed by atoms with Crippen LogP contribution in [0.4, 0.5) is 0 Å². The lowest BCUT2D eigenvalue weighted by molar-refractivity contribution is -0.142. The number of aromatic nitrogens is 4. The van der Waals surface area contributed by atoms with Crippen molar-refractivity contribution in [2.24, 2.45) is 0 Å². The number of rotatable bonds is 7. The molecule has 0 saturated heterocycles. The number of nitrogens with one attached hydrogen (secondary N) is 3. The first-order valence-electron chi connectivity index (χ1n) is 12.2. The minimum Gasteiger partial charge on any atom is -0.467 e. The molecule has 1 atom stereocenters. The Hall–Kier alpha value is -5.38. The number of nitrogens with zero attached hydrogens (tertiary/aromatic N) is 2. The maximum atomic E-state index is 13.6. The largest absolute Gasteiger partial charge is 0.467 e. The van der Waals surface area contributed by atoms with E-state index in [4.69, 9.17) is 9.15 Å². The number of hydrogen-bond donors (Lipinski definition) is 3. The van der Waals surface area contributed by atoms with Crippen LogP contribution in [0.5, 0.6) is 0 Å². The van der Waals surface area contributed by atoms with Crippen LogP contribution in [0.15, 0.2) is 94.3 Å². The molecule has 0 aliphatic heterocycles. The number of amides is 1. The van der Waals surface area contributed by atoms with E-state index in [1.54, 1.807) is 24.3 Å². The van der Waals surface area contributed by atoms with Gasteiger partial charge in [0.1, 0.15) is 17.4 Å². The average Bonchev–Trinajstić information content (AvgIpc) is 3.72. The molecule has 39 heavy (non-hydrogen) atoms. The maximum Gasteiger partial charge on any atom is 0.328 e. The Morgan fingerprint density at radius 1 is 1.05 bits per heavy atom. The summed E-state index contributed by atoms with van der Waals surface area (Å²) in [4.78, 5) is 47.4. The van der Waals surface area contributed by atoms with Gasteiger partial charge in [-0.1, -0.05) is 48.5 Å². The molecule has 0 fully saturated rings. The summed E-state index contributed by atoms with van der Waals surface area (Å²) >= 11 is 0. The van der Waals surface area contributed by atoms with Crippen LogP contribution in [-0.2, 0) is 16.0 Å². The number of aromatic amines is 2. The highest BCUT2D eigenvalue weighted by Crippen LogP contribution is 2.28. The first-order chi connectivity index (χ1) is 19.0. The summed E-state index contributed by atoms with van der Waals surface area (Å²) in [5.41, 5.74) is 2.89. The molecule has 0 spiro atoms. The number of para-hydroxylation sites is 1. The van der Waals surface area contributed by atoms with E-state index >= 15 is 0 Å². The molecule has 2 aromatic carbocycles. The first-order valence-corrected chi connectivity index (χ1v) is 12.2. The summed E-state index contributed by atoms with van der Waals surface area (Å²) in [7, 11) is 1.26. The van der Waals surface area contributed by atoms with Crippen LogP contribution < -0.4 is 10.9 Å². The first kappa shape index (κ1) is 24.0. The molecule has 1 unspecified atom stereocenters. The molecular weight excluding hydrogens is 498 g/mol. The second kappa shape index (κ2) is 9.82. The molecule has 3 N–H and O–H groups in total. The third-order valence-electron chi connectivity index (χ3n) is 6.48. The number of esters is 1. The lowest BCUT2D eigenvalue weighted by atomic mass is 10.0. The lowest BCUT2D eigenvalue weighted by Gasteiger charge is -2.15. The maximum absolute atomic E-state index is 13.6. The normalized spacial score (nSPS) is 12.0. The van der Waals surface area contributed by atoms with Crippen LogP contribution in [0.25, 0.3) is 39.1 Å². The zero-order valence-corrected chi connectivity index (χ0v) is 20.8. The van der Waals surface area contributed by atoms with Crippen molar-refractivity contribution in [2.45, 2.75) is 12.5 Å². The van der Waals surface area contributed by atoms with Gasteiger partial charge in [0.25, 0.3) is 11.5 Å². The van der Waals surface area contributed by atoms with E-state index in [1.807, 2.05) is 48.5 Å². The van der Waals surface area contributed by atoms with Crippen molar-refractivity contribution in [1.82, 2.24) is 24.9 Å². The second-order valence-electron chi connectivity index (χ2n) is 8.98. The molecule has 6 aromatic rings. The van der Waals surface area contributed by atoms with Gasteiger partial charge in [-0.05, 0) is 35.2 Å². The summed E-state index contributed by atoms with van der Waals surface area (Å²) in [5, 5.41) is 6.54. The predicted molar refractivity (Wildman–Crippen MR) is 144 cm³/mol. The Morgan fingerprint density at radius 2 is 1.85 bits per heavy atom. The molecule has 4 aromatic heterocycles. The number of benzene rings is 2. The number of carbonyl (C=O) groups excluding carboxylic acids is 2. The number of H-pyrrole nitrogens is 2. The Labute approximate surface area is 221 Å². The minimum atomic E-state index is -0.967. The van der Waals surface area contributed by atoms with Gasteiger partial charge in [-0.15, -0.1) is 0 Å². The van der Waals surface area contributed by atoms with Crippen molar-refractivity contribution in [3.63, 3.8) is 0 Å². The minimum absolute atomic E-state index is 0.0563. The number of ether oxygens (including phenoxy) is 1. The number of carbonyl (C=O) groups is 2. The zero-order valence-electron chi connectivity index (χ0n) is 20.8. The third-order valence-corrected chi connectivity index (χ3v) is 6.48. The second-order valence-corrected chi connectivity index (χ2v) is 8.98. The van der Waals surface area contributed by atoms with Crippen LogP contribution >= 0.6 is 0 Å². The monoisotopic (exact) mass is 521 g/mol. The van der Waals surface area contributed by atoms with Crippen molar-refractivity contribution < 1.29 is 18.7 Å². The highest BCUT2D eigenvalue weighted by molar-refractivity contribution is 5.96. The molecule has 10 heteroatoms. The van der Waals surface area contributed by atoms with Crippen LogP contribution in [0.2, 0.25) is 0 Å². The van der Waals surface area contributed by atoms with Crippen molar-refractivity contribution in [2.75, 3.05) is 7.11 Å². The number of hydrogen-bond acceptors (Lipinski definition) is 6. The summed E-state index contributed by atoms with van der Waals surface area (Å²) in [6.07, 6.45) is 1.69. The summed E-state index contributed by atoms with van der Waals surface area (Å²) in [5.74, 6) is -0.767. The molecule has 10 nitrogen and oxygen atoms in total. The molecule has 194 valence electrons. The third kappa shape index (κ3) is 4.48. The van der Waals surface area contributed by atoms with Crippen molar-refractivity contribution in [3.8, 4) is 22.6 Å². The van der Waals surface area contributed by atoms with Crippen LogP contribution in [0.1, 0.15) is 16.2 Å². The molecule has 4 heterocycles. The smallest absolute Gasteiger partial charge is 0.328 e. The van der Waals surface area contributed by atoms with Crippen molar-refractivity contribution >= 4 is 28.4 Å². The van der Waals surface area contributed by atoms with Gasteiger partial charge in [-0.25, -0.2) is 14.3 Å². The number of methoxy groups -OCH3 is 1. The molecule has 1 amide bonds. The Morgan fingerprint density at radius 3 is 2.59 bits per heavy atom. The summed E-state index contributed by atoms with van der Waals surface area (Å²) < 4.78 is 11.7. The lowest BCUT2D eigenvalue weighted by Crippen LogP contribution is -2.43. The molecule has 0 saturated carbocycles. The van der Waals surface area contributed by atoms with E-state index in [0.29, 0.717) is 22.6 Å². The van der Waals surface area contributed by atoms with Gasteiger partial charge in [0.2, 0.25) is 0 Å². The molecule has 0 aliphatic carbocycles. The van der Waals surface area contributed by atoms with Crippen LogP contribution in [-0.4, -0.2) is 44.6 Å². The van der Waals surface area contributed by atoms with Crippen molar-refractivity contribution in [1.29, 1.82) is 0 Å². The fourth-order valence-corrected chi connectivity index (χ4v) is 4.63. The van der Waals surface area contributed by atoms with Gasteiger partial charge < -0.3 is 19.5 Å². The van der Waals surface area contributed by atoms with E-state index in [1.165, 1.54) is 24.0 Å². The van der Waals surface area contributed by atoms with Gasteiger partial charge in [-0.2, -0.15) is 0 Å². The molecule has 0 bridgehead atoms. The van der Waals surface area contributed by atoms with Gasteiger partial charge in [0.05, 0.1) is 18.9 Å². The zero-order chi connectivity index (χ0) is 26.9. The van der Waals surface area contributed by atoms with E-state index in [0.717, 1.165) is 16.6 Å². The van der Waals surface area contributed by atoms with Gasteiger partial charge in [0.15, 0.2) is 11.4 Å². The fraction of sp³-hybridized carbons (Fsp3) is 0.103. The molecule has 0 aliphatic rings. The standard InChI is InChI=1S/C29H23N5O5/c1-38-29(37)22(15-19-14-18-10-5-6-11-20(18)30-19)31-27(35)21-16-24-32-26(23-12-7-13-39-23)25(28(36)34(24)33-21)17-8-3-2-4-9-17/h2-14,16,22,30,33H,15H2,1H3,(H,31,35). The topological polar surface area (TPSA) is 134 Å². The number of furan rings is 1. The predicted octanol–water partition coefficient (Wildman–Crippen LogP) is 3.95. The summed E-state index contributed by atoms with van der Waals surface area (Å²) in [6.45, 7) is 0. The molecule has 0 radical (unpaired) electrons. The van der Waals surface area contributed by atoms with Crippen LogP contribution in [0, 0.1) is 0 Å². The highest BCUT2D eigenvalue weighted by Gasteiger charge is 2.26. The SMILES string of the molecule is COC(=O)C(Cc1cc2ccccc2[nH]1)NC(=O)c1cc2nc(-c3ccco3)c(-c3ccccc3)c(=O)n2[nH]1. The van der Waals surface area contributed by atoms with Gasteiger partial charge in [-0.3, -0.25) is 14.7 Å². The van der Waals surface area contributed by atoms with E-state index < -0.39 is 23.5 Å². The summed E-state index contributed by atoms with van der Waals surface area (Å²) in [6, 6.07) is 22.7. The number of fused-ring (bicyclic) bond motifs is 2. The molecular formula is C29H23N5O5. The Balaban J connectivity index is 1.36. The Kier molecular flexibility index (Phi) is 6.04. The van der Waals surface area contributed by atoms with Crippen molar-refractivity contribution in [3.05, 3.63) is 107 Å². The van der Waals surface area contributed by atoms with Gasteiger partial charge in [0, 0.05) is 23.7 Å². The molecule has 6 rings (SSSR count). The van der Waals surface area contributed by atoms with Gasteiger partial charge >= 0.3 is 5.97 Å². The fourth-order valence-electron chi connectivity index (χ4n) is 4.63. The van der Waals surface area contributed by atoms with E-state index in [-0.39, 0.29) is 17.8 Å².